The average molecular weight is 441 g/mol. The van der Waals surface area contributed by atoms with Crippen LogP contribution in [-0.4, -0.2) is 33.3 Å². The molecule has 10 heteroatoms. The minimum absolute atomic E-state index is 0.0398. The zero-order chi connectivity index (χ0) is 23.0. The van der Waals surface area contributed by atoms with Crippen LogP contribution in [-0.2, 0) is 9.59 Å². The lowest BCUT2D eigenvalue weighted by molar-refractivity contribution is -0.122. The highest BCUT2D eigenvalue weighted by Gasteiger charge is 2.35. The zero-order valence-electron chi connectivity index (χ0n) is 17.1. The van der Waals surface area contributed by atoms with Gasteiger partial charge in [-0.15, -0.1) is 0 Å². The molecule has 3 heterocycles. The van der Waals surface area contributed by atoms with Crippen molar-refractivity contribution in [1.29, 1.82) is 0 Å². The van der Waals surface area contributed by atoms with Crippen LogP contribution in [0.3, 0.4) is 0 Å². The lowest BCUT2D eigenvalue weighted by Crippen LogP contribution is -2.40. The van der Waals surface area contributed by atoms with E-state index in [0.29, 0.717) is 22.6 Å². The van der Waals surface area contributed by atoms with Crippen LogP contribution in [0.25, 0.3) is 11.1 Å². The van der Waals surface area contributed by atoms with E-state index in [1.807, 2.05) is 0 Å². The molecule has 0 aliphatic carbocycles. The Bertz CT molecular complexity index is 1200. The second-order valence-corrected chi connectivity index (χ2v) is 7.39. The van der Waals surface area contributed by atoms with Crippen molar-refractivity contribution < 1.29 is 22.8 Å². The average Bonchev–Trinajstić information content (AvgIpc) is 2.84. The van der Waals surface area contributed by atoms with Crippen molar-refractivity contribution in [3.63, 3.8) is 0 Å². The molecule has 164 valence electrons. The third-order valence-electron chi connectivity index (χ3n) is 5.18. The molecule has 1 aromatic carbocycles. The second kappa shape index (κ2) is 8.37. The Morgan fingerprint density at radius 3 is 2.66 bits per heavy atom. The highest BCUT2D eigenvalue weighted by molar-refractivity contribution is 6.09. The SMILES string of the molecule is Cc1cc2c(c(F)n1)-c1cncnc1[C@@H](C)C(=O)N2CC(=O)Nc1ccc(C(F)F)cc1. The third kappa shape index (κ3) is 3.91. The fourth-order valence-electron chi connectivity index (χ4n) is 3.65. The number of aryl methyl sites for hydroxylation is 1. The van der Waals surface area contributed by atoms with Gasteiger partial charge in [-0.3, -0.25) is 9.59 Å². The van der Waals surface area contributed by atoms with Crippen LogP contribution >= 0.6 is 0 Å². The van der Waals surface area contributed by atoms with E-state index in [9.17, 15) is 22.8 Å². The van der Waals surface area contributed by atoms with Crippen LogP contribution in [0.1, 0.15) is 36.2 Å². The minimum atomic E-state index is -2.62. The van der Waals surface area contributed by atoms with E-state index in [1.165, 1.54) is 47.8 Å². The number of rotatable bonds is 4. The molecule has 3 aromatic rings. The van der Waals surface area contributed by atoms with Gasteiger partial charge in [-0.1, -0.05) is 12.1 Å². The van der Waals surface area contributed by atoms with Gasteiger partial charge in [0, 0.05) is 28.7 Å². The number of aromatic nitrogens is 3. The van der Waals surface area contributed by atoms with Gasteiger partial charge in [0.05, 0.1) is 22.9 Å². The van der Waals surface area contributed by atoms with Crippen LogP contribution < -0.4 is 10.2 Å². The normalized spacial score (nSPS) is 15.2. The van der Waals surface area contributed by atoms with Gasteiger partial charge in [-0.05, 0) is 32.0 Å². The number of carbonyl (C=O) groups excluding carboxylic acids is 2. The maximum atomic E-state index is 14.9. The van der Waals surface area contributed by atoms with E-state index in [4.69, 9.17) is 0 Å². The van der Waals surface area contributed by atoms with Crippen LogP contribution in [0.4, 0.5) is 24.5 Å². The molecule has 0 spiro atoms. The van der Waals surface area contributed by atoms with Gasteiger partial charge in [0.1, 0.15) is 12.9 Å². The maximum absolute atomic E-state index is 14.9. The third-order valence-corrected chi connectivity index (χ3v) is 5.18. The van der Waals surface area contributed by atoms with Crippen LogP contribution in [0.5, 0.6) is 0 Å². The quantitative estimate of drug-likeness (QED) is 0.618. The molecule has 7 nitrogen and oxygen atoms in total. The van der Waals surface area contributed by atoms with Crippen molar-refractivity contribution in [3.05, 3.63) is 65.8 Å². The largest absolute Gasteiger partial charge is 0.325 e. The first kappa shape index (κ1) is 21.4. The number of pyridine rings is 1. The predicted molar refractivity (Wildman–Crippen MR) is 111 cm³/mol. The van der Waals surface area contributed by atoms with E-state index in [2.05, 4.69) is 20.3 Å². The zero-order valence-corrected chi connectivity index (χ0v) is 17.1. The lowest BCUT2D eigenvalue weighted by Gasteiger charge is -2.24. The van der Waals surface area contributed by atoms with Crippen molar-refractivity contribution in [2.24, 2.45) is 0 Å². The van der Waals surface area contributed by atoms with Gasteiger partial charge in [-0.25, -0.2) is 23.7 Å². The number of nitrogens with zero attached hydrogens (tertiary/aromatic N) is 4. The number of fused-ring (bicyclic) bond motifs is 3. The van der Waals surface area contributed by atoms with Crippen LogP contribution in [0.15, 0.2) is 42.9 Å². The van der Waals surface area contributed by atoms with Gasteiger partial charge in [-0.2, -0.15) is 4.39 Å². The number of nitrogens with one attached hydrogen (secondary N) is 1. The Morgan fingerprint density at radius 2 is 1.97 bits per heavy atom. The molecule has 0 radical (unpaired) electrons. The molecule has 0 saturated carbocycles. The van der Waals surface area contributed by atoms with Crippen molar-refractivity contribution in [3.8, 4) is 11.1 Å². The Morgan fingerprint density at radius 1 is 1.25 bits per heavy atom. The van der Waals surface area contributed by atoms with E-state index in [-0.39, 0.29) is 16.8 Å². The molecular formula is C22H18F3N5O2. The molecule has 4 rings (SSSR count). The summed E-state index contributed by atoms with van der Waals surface area (Å²) >= 11 is 0. The predicted octanol–water partition coefficient (Wildman–Crippen LogP) is 4.01. The van der Waals surface area contributed by atoms with Crippen LogP contribution in [0, 0.1) is 12.9 Å². The van der Waals surface area contributed by atoms with Gasteiger partial charge >= 0.3 is 0 Å². The van der Waals surface area contributed by atoms with Gasteiger partial charge in [0.15, 0.2) is 0 Å². The molecule has 32 heavy (non-hydrogen) atoms. The number of alkyl halides is 2. The van der Waals surface area contributed by atoms with Crippen molar-refractivity contribution in [2.45, 2.75) is 26.2 Å². The number of amides is 2. The summed E-state index contributed by atoms with van der Waals surface area (Å²) in [6.45, 7) is 2.77. The summed E-state index contributed by atoms with van der Waals surface area (Å²) < 4.78 is 40.4. The Hall–Kier alpha value is -3.82. The van der Waals surface area contributed by atoms with Crippen molar-refractivity contribution in [2.75, 3.05) is 16.8 Å². The fourth-order valence-corrected chi connectivity index (χ4v) is 3.65. The first-order valence-corrected chi connectivity index (χ1v) is 9.73. The van der Waals surface area contributed by atoms with Crippen LogP contribution in [0.2, 0.25) is 0 Å². The van der Waals surface area contributed by atoms with E-state index >= 15 is 0 Å². The summed E-state index contributed by atoms with van der Waals surface area (Å²) in [4.78, 5) is 39.1. The van der Waals surface area contributed by atoms with Gasteiger partial charge in [0.25, 0.3) is 6.43 Å². The lowest BCUT2D eigenvalue weighted by atomic mass is 9.99. The maximum Gasteiger partial charge on any atom is 0.263 e. The minimum Gasteiger partial charge on any atom is -0.325 e. The molecule has 0 bridgehead atoms. The van der Waals surface area contributed by atoms with E-state index < -0.39 is 36.7 Å². The van der Waals surface area contributed by atoms with E-state index in [1.54, 1.807) is 13.8 Å². The monoisotopic (exact) mass is 441 g/mol. The molecule has 1 N–H and O–H groups in total. The highest BCUT2D eigenvalue weighted by Crippen LogP contribution is 2.41. The topological polar surface area (TPSA) is 88.1 Å². The Kier molecular flexibility index (Phi) is 5.60. The molecule has 2 aromatic heterocycles. The van der Waals surface area contributed by atoms with Crippen molar-refractivity contribution >= 4 is 23.2 Å². The summed E-state index contributed by atoms with van der Waals surface area (Å²) in [5, 5.41) is 2.58. The number of carbonyl (C=O) groups is 2. The highest BCUT2D eigenvalue weighted by atomic mass is 19.3. The smallest absolute Gasteiger partial charge is 0.263 e. The number of halogens is 3. The fraction of sp³-hybridized carbons (Fsp3) is 0.227. The van der Waals surface area contributed by atoms with E-state index in [0.717, 1.165) is 0 Å². The Labute approximate surface area is 181 Å². The first-order chi connectivity index (χ1) is 15.3. The molecule has 1 aliphatic heterocycles. The Balaban J connectivity index is 1.69. The van der Waals surface area contributed by atoms with Crippen molar-refractivity contribution in [1.82, 2.24) is 15.0 Å². The number of hydrogen-bond acceptors (Lipinski definition) is 5. The molecule has 1 aliphatic rings. The first-order valence-electron chi connectivity index (χ1n) is 9.73. The summed E-state index contributed by atoms with van der Waals surface area (Å²) in [5.74, 6) is -2.59. The molecule has 2 amide bonds. The molecular weight excluding hydrogens is 423 g/mol. The standard InChI is InChI=1S/C22H18F3N5O2/c1-11-7-16-18(21(25)28-11)15-8-26-10-27-19(15)12(2)22(32)30(16)9-17(31)29-14-5-3-13(4-6-14)20(23)24/h3-8,10,12,20H,9H2,1-2H3,(H,29,31)/t12-/m1/s1. The number of anilines is 2. The molecule has 0 unspecified atom stereocenters. The summed E-state index contributed by atoms with van der Waals surface area (Å²) in [7, 11) is 0. The summed E-state index contributed by atoms with van der Waals surface area (Å²) in [5.41, 5.74) is 1.34. The summed E-state index contributed by atoms with van der Waals surface area (Å²) in [6, 6.07) is 6.62. The summed E-state index contributed by atoms with van der Waals surface area (Å²) in [6.07, 6.45) is 0.0656. The van der Waals surface area contributed by atoms with Gasteiger partial charge < -0.3 is 10.2 Å². The molecule has 0 fully saturated rings. The van der Waals surface area contributed by atoms with Gasteiger partial charge in [0.2, 0.25) is 17.8 Å². The molecule has 1 atom stereocenters. The number of hydrogen-bond donors (Lipinski definition) is 1. The molecule has 0 saturated heterocycles. The number of benzene rings is 1. The second-order valence-electron chi connectivity index (χ2n) is 7.39.